The van der Waals surface area contributed by atoms with Crippen LogP contribution in [0.3, 0.4) is 0 Å². The van der Waals surface area contributed by atoms with Crippen LogP contribution >= 0.6 is 0 Å². The van der Waals surface area contributed by atoms with Gasteiger partial charge in [0.15, 0.2) is 0 Å². The lowest BCUT2D eigenvalue weighted by Gasteiger charge is -2.33. The lowest BCUT2D eigenvalue weighted by Crippen LogP contribution is -2.31. The van der Waals surface area contributed by atoms with Crippen molar-refractivity contribution in [3.05, 3.63) is 119 Å². The zero-order valence-corrected chi connectivity index (χ0v) is 15.8. The molecule has 1 atom stereocenters. The highest BCUT2D eigenvalue weighted by molar-refractivity contribution is 6.02. The average Bonchev–Trinajstić information content (AvgIpc) is 3.08. The number of rotatable bonds is 5. The summed E-state index contributed by atoms with van der Waals surface area (Å²) in [5.41, 5.74) is 3.84. The Kier molecular flexibility index (Phi) is 5.09. The number of hydrogen-bond acceptors (Lipinski definition) is 3. The molecule has 0 aromatic heterocycles. The van der Waals surface area contributed by atoms with E-state index in [-0.39, 0.29) is 0 Å². The Balaban J connectivity index is 1.91. The molecule has 0 bridgehead atoms. The van der Waals surface area contributed by atoms with Gasteiger partial charge in [0.25, 0.3) is 0 Å². The number of allylic oxidation sites excluding steroid dienone is 1. The normalized spacial score (nSPS) is 18.1. The van der Waals surface area contributed by atoms with E-state index in [1.165, 1.54) is 0 Å². The first-order chi connectivity index (χ1) is 13.7. The van der Waals surface area contributed by atoms with E-state index in [2.05, 4.69) is 41.6 Å². The molecule has 0 aliphatic heterocycles. The first-order valence-corrected chi connectivity index (χ1v) is 9.48. The van der Waals surface area contributed by atoms with E-state index >= 15 is 0 Å². The van der Waals surface area contributed by atoms with Crippen LogP contribution < -0.4 is 0 Å². The van der Waals surface area contributed by atoms with Gasteiger partial charge in [-0.1, -0.05) is 102 Å². The number of aliphatic hydroxyl groups excluding tert-OH is 1. The minimum absolute atomic E-state index is 0.473. The van der Waals surface area contributed by atoms with E-state index in [1.54, 1.807) is 0 Å². The van der Waals surface area contributed by atoms with Crippen LogP contribution in [0.4, 0.5) is 0 Å². The van der Waals surface area contributed by atoms with Crippen molar-refractivity contribution in [3.8, 4) is 0 Å². The molecule has 4 rings (SSSR count). The molecule has 0 saturated carbocycles. The maximum absolute atomic E-state index is 9.94. The summed E-state index contributed by atoms with van der Waals surface area (Å²) in [6, 6.07) is 30.4. The summed E-state index contributed by atoms with van der Waals surface area (Å²) in [6.07, 6.45) is 1.79. The molecule has 0 spiro atoms. The zero-order chi connectivity index (χ0) is 19.4. The second-order valence-corrected chi connectivity index (χ2v) is 7.03. The third-order valence-electron chi connectivity index (χ3n) is 5.13. The van der Waals surface area contributed by atoms with Gasteiger partial charge in [-0.25, -0.2) is 0 Å². The highest BCUT2D eigenvalue weighted by atomic mass is 16.7. The zero-order valence-electron chi connectivity index (χ0n) is 15.8. The minimum Gasteiger partial charge on any atom is -0.389 e. The summed E-state index contributed by atoms with van der Waals surface area (Å²) in [5.74, 6) is 0. The highest BCUT2D eigenvalue weighted by Crippen LogP contribution is 2.41. The number of aliphatic hydroxyl groups is 1. The molecule has 3 aromatic rings. The van der Waals surface area contributed by atoms with Gasteiger partial charge in [-0.3, -0.25) is 0 Å². The van der Waals surface area contributed by atoms with Gasteiger partial charge in [0.1, 0.15) is 0 Å². The molecule has 140 valence electrons. The first-order valence-electron chi connectivity index (χ1n) is 9.48. The molecular formula is C25H23NO2. The Morgan fingerprint density at radius 1 is 0.786 bits per heavy atom. The molecule has 0 unspecified atom stereocenters. The van der Waals surface area contributed by atoms with Crippen LogP contribution in [0.2, 0.25) is 0 Å². The van der Waals surface area contributed by atoms with Crippen LogP contribution in [0.1, 0.15) is 30.0 Å². The molecule has 1 aliphatic carbocycles. The first kappa shape index (κ1) is 18.2. The molecule has 0 amide bonds. The van der Waals surface area contributed by atoms with E-state index < -0.39 is 11.7 Å². The predicted molar refractivity (Wildman–Crippen MR) is 112 cm³/mol. The van der Waals surface area contributed by atoms with Gasteiger partial charge in [0, 0.05) is 23.1 Å². The lowest BCUT2D eigenvalue weighted by atomic mass is 9.80. The maximum Gasteiger partial charge on any atom is 0.212 e. The molecule has 3 heteroatoms. The lowest BCUT2D eigenvalue weighted by molar-refractivity contribution is 0.0167. The van der Waals surface area contributed by atoms with E-state index in [0.717, 1.165) is 28.0 Å². The third-order valence-corrected chi connectivity index (χ3v) is 5.13. The summed E-state index contributed by atoms with van der Waals surface area (Å²) < 4.78 is 0. The summed E-state index contributed by atoms with van der Waals surface area (Å²) in [7, 11) is 0. The molecule has 3 aromatic carbocycles. The molecule has 1 aliphatic rings. The summed E-state index contributed by atoms with van der Waals surface area (Å²) in [4.78, 5) is 6.43. The van der Waals surface area contributed by atoms with Crippen molar-refractivity contribution in [2.24, 2.45) is 5.16 Å². The standard InChI is InChI=1S/C25H23NO2/c1-19-17-23(27)18-24(19)26-28-25(20-11-5-2-6-12-20,21-13-7-3-8-14-21)22-15-9-4-10-16-22/h2-17,23,27H,18H2,1H3/b26-24+/t23-/m0/s1. The van der Waals surface area contributed by atoms with E-state index in [0.29, 0.717) is 6.42 Å². The summed E-state index contributed by atoms with van der Waals surface area (Å²) >= 11 is 0. The van der Waals surface area contributed by atoms with E-state index in [1.807, 2.05) is 67.6 Å². The van der Waals surface area contributed by atoms with Crippen LogP contribution in [0, 0.1) is 0 Å². The molecule has 0 saturated heterocycles. The molecule has 1 N–H and O–H groups in total. The second-order valence-electron chi connectivity index (χ2n) is 7.03. The Labute approximate surface area is 165 Å². The number of benzene rings is 3. The second kappa shape index (κ2) is 7.83. The van der Waals surface area contributed by atoms with Crippen molar-refractivity contribution in [1.82, 2.24) is 0 Å². The number of oxime groups is 1. The molecule has 0 heterocycles. The smallest absolute Gasteiger partial charge is 0.212 e. The van der Waals surface area contributed by atoms with E-state index in [4.69, 9.17) is 4.84 Å². The van der Waals surface area contributed by atoms with Crippen molar-refractivity contribution in [1.29, 1.82) is 0 Å². The van der Waals surface area contributed by atoms with Gasteiger partial charge in [0.2, 0.25) is 5.60 Å². The van der Waals surface area contributed by atoms with Crippen LogP contribution in [0.15, 0.2) is 108 Å². The van der Waals surface area contributed by atoms with Gasteiger partial charge in [0.05, 0.1) is 11.8 Å². The Morgan fingerprint density at radius 3 is 1.57 bits per heavy atom. The maximum atomic E-state index is 9.94. The Morgan fingerprint density at radius 2 is 1.21 bits per heavy atom. The number of nitrogens with zero attached hydrogens (tertiary/aromatic N) is 1. The third kappa shape index (κ3) is 3.37. The van der Waals surface area contributed by atoms with Crippen LogP contribution in [-0.2, 0) is 10.4 Å². The van der Waals surface area contributed by atoms with Gasteiger partial charge in [-0.2, -0.15) is 0 Å². The van der Waals surface area contributed by atoms with Crippen molar-refractivity contribution in [2.45, 2.75) is 25.0 Å². The molecule has 28 heavy (non-hydrogen) atoms. The topological polar surface area (TPSA) is 41.8 Å². The molecule has 3 nitrogen and oxygen atoms in total. The van der Waals surface area contributed by atoms with Gasteiger partial charge in [-0.05, 0) is 12.5 Å². The van der Waals surface area contributed by atoms with Crippen LogP contribution in [0.5, 0.6) is 0 Å². The number of hydrogen-bond donors (Lipinski definition) is 1. The average molecular weight is 369 g/mol. The van der Waals surface area contributed by atoms with Crippen molar-refractivity contribution in [3.63, 3.8) is 0 Å². The molecule has 0 fully saturated rings. The van der Waals surface area contributed by atoms with Crippen LogP contribution in [-0.4, -0.2) is 16.9 Å². The SMILES string of the molecule is CC1=C[C@H](O)C/C1=N\OC(c1ccccc1)(c1ccccc1)c1ccccc1. The Hall–Kier alpha value is -3.17. The highest BCUT2D eigenvalue weighted by Gasteiger charge is 2.39. The Bertz CT molecular complexity index is 882. The monoisotopic (exact) mass is 369 g/mol. The predicted octanol–water partition coefficient (Wildman–Crippen LogP) is 5.06. The molecular weight excluding hydrogens is 346 g/mol. The largest absolute Gasteiger partial charge is 0.389 e. The summed E-state index contributed by atoms with van der Waals surface area (Å²) in [5, 5.41) is 14.5. The fourth-order valence-electron chi connectivity index (χ4n) is 3.71. The molecule has 0 radical (unpaired) electrons. The van der Waals surface area contributed by atoms with Crippen molar-refractivity contribution >= 4 is 5.71 Å². The van der Waals surface area contributed by atoms with Crippen LogP contribution in [0.25, 0.3) is 0 Å². The minimum atomic E-state index is -0.884. The summed E-state index contributed by atoms with van der Waals surface area (Å²) in [6.45, 7) is 1.95. The van der Waals surface area contributed by atoms with Crippen molar-refractivity contribution in [2.75, 3.05) is 0 Å². The fourth-order valence-corrected chi connectivity index (χ4v) is 3.71. The van der Waals surface area contributed by atoms with Gasteiger partial charge in [-0.15, -0.1) is 0 Å². The van der Waals surface area contributed by atoms with Gasteiger partial charge < -0.3 is 9.94 Å². The van der Waals surface area contributed by atoms with E-state index in [9.17, 15) is 5.11 Å². The van der Waals surface area contributed by atoms with Crippen molar-refractivity contribution < 1.29 is 9.94 Å². The fraction of sp³-hybridized carbons (Fsp3) is 0.160. The quantitative estimate of drug-likeness (QED) is 0.504. The van der Waals surface area contributed by atoms with Gasteiger partial charge >= 0.3 is 0 Å².